The molecule has 3 rings (SSSR count). The SMILES string of the molecule is Nc1ccc(C(CNc2ccccc2N)c2ccc(N)cc2)cc1. The van der Waals surface area contributed by atoms with Gasteiger partial charge in [-0.05, 0) is 47.5 Å². The molecule has 0 atom stereocenters. The summed E-state index contributed by atoms with van der Waals surface area (Å²) in [5.74, 6) is 0.172. The fraction of sp³-hybridized carbons (Fsp3) is 0.100. The lowest BCUT2D eigenvalue weighted by molar-refractivity contribution is 0.854. The third-order valence-corrected chi connectivity index (χ3v) is 4.14. The Morgan fingerprint density at radius 2 is 1.17 bits per heavy atom. The smallest absolute Gasteiger partial charge is 0.0574 e. The zero-order chi connectivity index (χ0) is 16.9. The molecule has 0 saturated carbocycles. The molecule has 0 fully saturated rings. The Kier molecular flexibility index (Phi) is 4.57. The van der Waals surface area contributed by atoms with E-state index in [1.165, 1.54) is 11.1 Å². The molecule has 0 heterocycles. The molecule has 24 heavy (non-hydrogen) atoms. The van der Waals surface area contributed by atoms with Gasteiger partial charge in [0.05, 0.1) is 11.4 Å². The molecular formula is C20H22N4. The van der Waals surface area contributed by atoms with Crippen LogP contribution >= 0.6 is 0 Å². The first-order valence-corrected chi connectivity index (χ1v) is 7.93. The minimum absolute atomic E-state index is 0.172. The molecule has 3 aromatic rings. The number of para-hydroxylation sites is 2. The Morgan fingerprint density at radius 1 is 0.667 bits per heavy atom. The van der Waals surface area contributed by atoms with Crippen molar-refractivity contribution in [3.05, 3.63) is 83.9 Å². The molecule has 4 nitrogen and oxygen atoms in total. The largest absolute Gasteiger partial charge is 0.399 e. The molecule has 0 radical (unpaired) electrons. The van der Waals surface area contributed by atoms with E-state index >= 15 is 0 Å². The number of nitrogens with one attached hydrogen (secondary N) is 1. The van der Waals surface area contributed by atoms with E-state index in [0.29, 0.717) is 0 Å². The van der Waals surface area contributed by atoms with Gasteiger partial charge >= 0.3 is 0 Å². The third-order valence-electron chi connectivity index (χ3n) is 4.14. The maximum atomic E-state index is 6.03. The van der Waals surface area contributed by atoms with Crippen LogP contribution in [0.3, 0.4) is 0 Å². The summed E-state index contributed by atoms with van der Waals surface area (Å²) < 4.78 is 0. The molecule has 4 heteroatoms. The molecular weight excluding hydrogens is 296 g/mol. The lowest BCUT2D eigenvalue weighted by Crippen LogP contribution is -2.15. The fourth-order valence-electron chi connectivity index (χ4n) is 2.75. The van der Waals surface area contributed by atoms with Crippen LogP contribution in [-0.2, 0) is 0 Å². The van der Waals surface area contributed by atoms with Crippen molar-refractivity contribution in [2.75, 3.05) is 29.1 Å². The van der Waals surface area contributed by atoms with Gasteiger partial charge < -0.3 is 22.5 Å². The van der Waals surface area contributed by atoms with Crippen molar-refractivity contribution in [2.45, 2.75) is 5.92 Å². The number of anilines is 4. The van der Waals surface area contributed by atoms with Crippen LogP contribution in [0.1, 0.15) is 17.0 Å². The summed E-state index contributed by atoms with van der Waals surface area (Å²) in [7, 11) is 0. The van der Waals surface area contributed by atoms with E-state index in [-0.39, 0.29) is 5.92 Å². The minimum atomic E-state index is 0.172. The van der Waals surface area contributed by atoms with Crippen molar-refractivity contribution in [1.82, 2.24) is 0 Å². The van der Waals surface area contributed by atoms with Crippen LogP contribution < -0.4 is 22.5 Å². The Morgan fingerprint density at radius 3 is 1.67 bits per heavy atom. The van der Waals surface area contributed by atoms with Crippen LogP contribution in [0.2, 0.25) is 0 Å². The second-order valence-electron chi connectivity index (χ2n) is 5.85. The molecule has 0 aliphatic rings. The van der Waals surface area contributed by atoms with Gasteiger partial charge in [-0.3, -0.25) is 0 Å². The Labute approximate surface area is 142 Å². The van der Waals surface area contributed by atoms with Crippen molar-refractivity contribution in [2.24, 2.45) is 0 Å². The first-order valence-electron chi connectivity index (χ1n) is 7.93. The summed E-state index contributed by atoms with van der Waals surface area (Å²) in [6, 6.07) is 23.7. The number of hydrogen-bond acceptors (Lipinski definition) is 4. The van der Waals surface area contributed by atoms with E-state index in [1.807, 2.05) is 48.5 Å². The van der Waals surface area contributed by atoms with Crippen molar-refractivity contribution in [3.8, 4) is 0 Å². The van der Waals surface area contributed by atoms with Gasteiger partial charge in [0.25, 0.3) is 0 Å². The number of hydrogen-bond donors (Lipinski definition) is 4. The van der Waals surface area contributed by atoms with Crippen LogP contribution in [0.15, 0.2) is 72.8 Å². The first-order chi connectivity index (χ1) is 11.6. The zero-order valence-corrected chi connectivity index (χ0v) is 13.4. The van der Waals surface area contributed by atoms with Crippen molar-refractivity contribution >= 4 is 22.7 Å². The van der Waals surface area contributed by atoms with E-state index in [1.54, 1.807) is 0 Å². The second kappa shape index (κ2) is 6.96. The molecule has 0 saturated heterocycles. The predicted molar refractivity (Wildman–Crippen MR) is 103 cm³/mol. The van der Waals surface area contributed by atoms with Gasteiger partial charge in [-0.1, -0.05) is 36.4 Å². The Bertz CT molecular complexity index is 749. The average Bonchev–Trinajstić information content (AvgIpc) is 2.59. The van der Waals surface area contributed by atoms with Crippen LogP contribution in [0, 0.1) is 0 Å². The molecule has 0 amide bonds. The van der Waals surface area contributed by atoms with E-state index in [0.717, 1.165) is 29.3 Å². The number of nitrogen functional groups attached to an aromatic ring is 3. The molecule has 3 aromatic carbocycles. The van der Waals surface area contributed by atoms with Gasteiger partial charge in [-0.15, -0.1) is 0 Å². The van der Waals surface area contributed by atoms with Crippen molar-refractivity contribution in [1.29, 1.82) is 0 Å². The Hall–Kier alpha value is -3.14. The highest BCUT2D eigenvalue weighted by atomic mass is 14.9. The second-order valence-corrected chi connectivity index (χ2v) is 5.85. The number of rotatable bonds is 5. The summed E-state index contributed by atoms with van der Waals surface area (Å²) in [5.41, 5.74) is 23.3. The molecule has 122 valence electrons. The monoisotopic (exact) mass is 318 g/mol. The van der Waals surface area contributed by atoms with Crippen LogP contribution in [0.5, 0.6) is 0 Å². The van der Waals surface area contributed by atoms with Crippen LogP contribution in [0.25, 0.3) is 0 Å². The topological polar surface area (TPSA) is 90.1 Å². The number of nitrogens with two attached hydrogens (primary N) is 3. The maximum absolute atomic E-state index is 6.03. The molecule has 0 aromatic heterocycles. The first kappa shape index (κ1) is 15.7. The lowest BCUT2D eigenvalue weighted by atomic mass is 9.91. The summed E-state index contributed by atoms with van der Waals surface area (Å²) in [6.45, 7) is 0.724. The van der Waals surface area contributed by atoms with Gasteiger partial charge in [0, 0.05) is 23.8 Å². The normalized spacial score (nSPS) is 10.7. The predicted octanol–water partition coefficient (Wildman–Crippen LogP) is 3.68. The van der Waals surface area contributed by atoms with Crippen molar-refractivity contribution in [3.63, 3.8) is 0 Å². The molecule has 0 unspecified atom stereocenters. The van der Waals surface area contributed by atoms with Gasteiger partial charge in [0.1, 0.15) is 0 Å². The maximum Gasteiger partial charge on any atom is 0.0574 e. The van der Waals surface area contributed by atoms with E-state index in [9.17, 15) is 0 Å². The van der Waals surface area contributed by atoms with Gasteiger partial charge in [-0.25, -0.2) is 0 Å². The van der Waals surface area contributed by atoms with Crippen molar-refractivity contribution < 1.29 is 0 Å². The van der Waals surface area contributed by atoms with Crippen LogP contribution in [0.4, 0.5) is 22.7 Å². The lowest BCUT2D eigenvalue weighted by Gasteiger charge is -2.20. The summed E-state index contributed by atoms with van der Waals surface area (Å²) in [5, 5.41) is 3.45. The van der Waals surface area contributed by atoms with Gasteiger partial charge in [-0.2, -0.15) is 0 Å². The van der Waals surface area contributed by atoms with Crippen LogP contribution in [-0.4, -0.2) is 6.54 Å². The summed E-state index contributed by atoms with van der Waals surface area (Å²) in [6.07, 6.45) is 0. The minimum Gasteiger partial charge on any atom is -0.399 e. The third kappa shape index (κ3) is 3.60. The number of benzene rings is 3. The summed E-state index contributed by atoms with van der Waals surface area (Å²) in [4.78, 5) is 0. The Balaban J connectivity index is 1.88. The molecule has 0 bridgehead atoms. The average molecular weight is 318 g/mol. The highest BCUT2D eigenvalue weighted by molar-refractivity contribution is 5.66. The molecule has 0 spiro atoms. The molecule has 0 aliphatic carbocycles. The highest BCUT2D eigenvalue weighted by Gasteiger charge is 2.14. The van der Waals surface area contributed by atoms with Gasteiger partial charge in [0.15, 0.2) is 0 Å². The van der Waals surface area contributed by atoms with E-state index < -0.39 is 0 Å². The summed E-state index contributed by atoms with van der Waals surface area (Å²) >= 11 is 0. The van der Waals surface area contributed by atoms with Gasteiger partial charge in [0.2, 0.25) is 0 Å². The quantitative estimate of drug-likeness (QED) is 0.540. The van der Waals surface area contributed by atoms with E-state index in [2.05, 4.69) is 29.6 Å². The fourth-order valence-corrected chi connectivity index (χ4v) is 2.75. The van der Waals surface area contributed by atoms with E-state index in [4.69, 9.17) is 17.2 Å². The molecule has 0 aliphatic heterocycles. The zero-order valence-electron chi connectivity index (χ0n) is 13.4. The highest BCUT2D eigenvalue weighted by Crippen LogP contribution is 2.28. The molecule has 7 N–H and O–H groups in total. The standard InChI is InChI=1S/C20H22N4/c21-16-9-5-14(6-10-16)18(15-7-11-17(22)12-8-15)13-24-20-4-2-1-3-19(20)23/h1-12,18,24H,13,21-23H2.